The molecule has 7 heteroatoms. The minimum atomic E-state index is -0.250. The van der Waals surface area contributed by atoms with Crippen molar-refractivity contribution in [3.63, 3.8) is 0 Å². The topological polar surface area (TPSA) is 74.3 Å². The second kappa shape index (κ2) is 7.17. The lowest BCUT2D eigenvalue weighted by molar-refractivity contribution is 0.0917. The van der Waals surface area contributed by atoms with Crippen molar-refractivity contribution in [3.8, 4) is 0 Å². The van der Waals surface area contributed by atoms with Crippen LogP contribution in [0.1, 0.15) is 44.0 Å². The number of amides is 3. The minimum absolute atomic E-state index is 0.0467. The molecule has 0 spiro atoms. The van der Waals surface area contributed by atoms with Crippen molar-refractivity contribution in [2.45, 2.75) is 45.2 Å². The molecule has 3 amide bonds. The SMILES string of the molecule is CC(C)(C)NC(=O)N1CCC(NC(=O)c2ccncc2Cl)CC1. The Morgan fingerprint density at radius 2 is 1.96 bits per heavy atom. The molecule has 0 radical (unpaired) electrons. The van der Waals surface area contributed by atoms with Gasteiger partial charge in [-0.15, -0.1) is 0 Å². The van der Waals surface area contributed by atoms with Crippen molar-refractivity contribution in [2.24, 2.45) is 0 Å². The molecule has 1 aliphatic heterocycles. The Balaban J connectivity index is 1.84. The number of carbonyl (C=O) groups is 2. The molecule has 0 aliphatic carbocycles. The number of carbonyl (C=O) groups excluding carboxylic acids is 2. The van der Waals surface area contributed by atoms with E-state index >= 15 is 0 Å². The molecule has 0 saturated carbocycles. The molecular weight excluding hydrogens is 316 g/mol. The van der Waals surface area contributed by atoms with Crippen LogP contribution in [0.25, 0.3) is 0 Å². The zero-order valence-corrected chi connectivity index (χ0v) is 14.5. The van der Waals surface area contributed by atoms with Crippen molar-refractivity contribution >= 4 is 23.5 Å². The van der Waals surface area contributed by atoms with Gasteiger partial charge in [-0.2, -0.15) is 0 Å². The molecule has 1 aromatic heterocycles. The van der Waals surface area contributed by atoms with E-state index < -0.39 is 0 Å². The van der Waals surface area contributed by atoms with Crippen LogP contribution in [0.15, 0.2) is 18.5 Å². The number of urea groups is 1. The predicted octanol–water partition coefficient (Wildman–Crippen LogP) is 2.44. The number of rotatable bonds is 2. The van der Waals surface area contributed by atoms with Crippen LogP contribution in [0.3, 0.4) is 0 Å². The Morgan fingerprint density at radius 3 is 2.52 bits per heavy atom. The van der Waals surface area contributed by atoms with Crippen LogP contribution >= 0.6 is 11.6 Å². The number of nitrogens with zero attached hydrogens (tertiary/aromatic N) is 2. The molecule has 126 valence electrons. The first-order valence-electron chi connectivity index (χ1n) is 7.74. The smallest absolute Gasteiger partial charge is 0.317 e. The molecule has 1 saturated heterocycles. The first-order chi connectivity index (χ1) is 10.8. The van der Waals surface area contributed by atoms with E-state index in [4.69, 9.17) is 11.6 Å². The first kappa shape index (κ1) is 17.5. The lowest BCUT2D eigenvalue weighted by Crippen LogP contribution is -2.53. The van der Waals surface area contributed by atoms with Crippen molar-refractivity contribution in [3.05, 3.63) is 29.0 Å². The molecule has 0 aromatic carbocycles. The van der Waals surface area contributed by atoms with Gasteiger partial charge in [-0.1, -0.05) is 11.6 Å². The van der Waals surface area contributed by atoms with E-state index in [-0.39, 0.29) is 23.5 Å². The molecule has 0 unspecified atom stereocenters. The highest BCUT2D eigenvalue weighted by atomic mass is 35.5. The van der Waals surface area contributed by atoms with Gasteiger partial charge in [-0.3, -0.25) is 9.78 Å². The molecule has 23 heavy (non-hydrogen) atoms. The van der Waals surface area contributed by atoms with Crippen LogP contribution in [0.2, 0.25) is 5.02 Å². The van der Waals surface area contributed by atoms with Gasteiger partial charge in [0.15, 0.2) is 0 Å². The van der Waals surface area contributed by atoms with Gasteiger partial charge in [0.25, 0.3) is 5.91 Å². The summed E-state index contributed by atoms with van der Waals surface area (Å²) in [6.07, 6.45) is 4.45. The summed E-state index contributed by atoms with van der Waals surface area (Å²) >= 11 is 5.98. The van der Waals surface area contributed by atoms with E-state index in [1.807, 2.05) is 20.8 Å². The fraction of sp³-hybridized carbons (Fsp3) is 0.562. The second-order valence-electron chi connectivity index (χ2n) is 6.77. The van der Waals surface area contributed by atoms with Gasteiger partial charge >= 0.3 is 6.03 Å². The number of hydrogen-bond donors (Lipinski definition) is 2. The highest BCUT2D eigenvalue weighted by molar-refractivity contribution is 6.33. The van der Waals surface area contributed by atoms with Gasteiger partial charge < -0.3 is 15.5 Å². The largest absolute Gasteiger partial charge is 0.349 e. The number of halogens is 1. The lowest BCUT2D eigenvalue weighted by atomic mass is 10.0. The predicted molar refractivity (Wildman–Crippen MR) is 89.6 cm³/mol. The maximum Gasteiger partial charge on any atom is 0.317 e. The summed E-state index contributed by atoms with van der Waals surface area (Å²) < 4.78 is 0. The average Bonchev–Trinajstić information content (AvgIpc) is 2.46. The third kappa shape index (κ3) is 5.10. The molecule has 2 heterocycles. The maximum atomic E-state index is 12.2. The standard InChI is InChI=1S/C16H23ClN4O2/c1-16(2,3)20-15(23)21-8-5-11(6-9-21)19-14(22)12-4-7-18-10-13(12)17/h4,7,10-11H,5-6,8-9H2,1-3H3,(H,19,22)(H,20,23). The van der Waals surface area contributed by atoms with Crippen molar-refractivity contribution in [2.75, 3.05) is 13.1 Å². The number of hydrogen-bond acceptors (Lipinski definition) is 3. The quantitative estimate of drug-likeness (QED) is 0.869. The van der Waals surface area contributed by atoms with Crippen LogP contribution < -0.4 is 10.6 Å². The van der Waals surface area contributed by atoms with Gasteiger partial charge in [-0.25, -0.2) is 4.79 Å². The van der Waals surface area contributed by atoms with E-state index in [0.717, 1.165) is 12.8 Å². The number of piperidine rings is 1. The van der Waals surface area contributed by atoms with Gasteiger partial charge in [0.05, 0.1) is 10.6 Å². The summed E-state index contributed by atoms with van der Waals surface area (Å²) in [6.45, 7) is 7.11. The van der Waals surface area contributed by atoms with Crippen LogP contribution in [0, 0.1) is 0 Å². The van der Waals surface area contributed by atoms with Gasteiger partial charge in [0, 0.05) is 37.1 Å². The number of aromatic nitrogens is 1. The third-order valence-electron chi connectivity index (χ3n) is 3.62. The monoisotopic (exact) mass is 338 g/mol. The molecule has 2 N–H and O–H groups in total. The Kier molecular flexibility index (Phi) is 5.46. The Bertz CT molecular complexity index is 578. The summed E-state index contributed by atoms with van der Waals surface area (Å²) in [4.78, 5) is 30.0. The number of pyridine rings is 1. The van der Waals surface area contributed by atoms with E-state index in [1.54, 1.807) is 17.2 Å². The van der Waals surface area contributed by atoms with Crippen LogP contribution in [0.5, 0.6) is 0 Å². The highest BCUT2D eigenvalue weighted by Gasteiger charge is 2.26. The first-order valence-corrected chi connectivity index (χ1v) is 8.11. The zero-order valence-electron chi connectivity index (χ0n) is 13.7. The summed E-state index contributed by atoms with van der Waals surface area (Å²) in [5.74, 6) is -0.199. The average molecular weight is 339 g/mol. The molecule has 1 fully saturated rings. The van der Waals surface area contributed by atoms with Gasteiger partial charge in [0.1, 0.15) is 0 Å². The highest BCUT2D eigenvalue weighted by Crippen LogP contribution is 2.16. The third-order valence-corrected chi connectivity index (χ3v) is 3.92. The van der Waals surface area contributed by atoms with E-state index in [0.29, 0.717) is 23.7 Å². The van der Waals surface area contributed by atoms with Crippen molar-refractivity contribution in [1.29, 1.82) is 0 Å². The Hall–Kier alpha value is -1.82. The van der Waals surface area contributed by atoms with Gasteiger partial charge in [-0.05, 0) is 39.7 Å². The summed E-state index contributed by atoms with van der Waals surface area (Å²) in [5, 5.41) is 6.27. The fourth-order valence-corrected chi connectivity index (χ4v) is 2.65. The van der Waals surface area contributed by atoms with Crippen LogP contribution in [-0.4, -0.2) is 46.5 Å². The molecule has 6 nitrogen and oxygen atoms in total. The minimum Gasteiger partial charge on any atom is -0.349 e. The molecule has 1 aliphatic rings. The Labute approximate surface area is 141 Å². The van der Waals surface area contributed by atoms with E-state index in [9.17, 15) is 9.59 Å². The maximum absolute atomic E-state index is 12.2. The summed E-state index contributed by atoms with van der Waals surface area (Å²) in [7, 11) is 0. The molecule has 1 aromatic rings. The Morgan fingerprint density at radius 1 is 1.30 bits per heavy atom. The van der Waals surface area contributed by atoms with Crippen molar-refractivity contribution in [1.82, 2.24) is 20.5 Å². The van der Waals surface area contributed by atoms with Crippen LogP contribution in [0.4, 0.5) is 4.79 Å². The molecule has 2 rings (SSSR count). The fourth-order valence-electron chi connectivity index (χ4n) is 2.45. The number of nitrogens with one attached hydrogen (secondary N) is 2. The van der Waals surface area contributed by atoms with E-state index in [1.165, 1.54) is 6.20 Å². The molecule has 0 atom stereocenters. The van der Waals surface area contributed by atoms with Crippen molar-refractivity contribution < 1.29 is 9.59 Å². The normalized spacial score (nSPS) is 16.1. The summed E-state index contributed by atoms with van der Waals surface area (Å²) in [5.41, 5.74) is 0.176. The lowest BCUT2D eigenvalue weighted by Gasteiger charge is -2.34. The van der Waals surface area contributed by atoms with Gasteiger partial charge in [0.2, 0.25) is 0 Å². The second-order valence-corrected chi connectivity index (χ2v) is 7.18. The summed E-state index contributed by atoms with van der Waals surface area (Å²) in [6, 6.07) is 1.59. The molecule has 0 bridgehead atoms. The zero-order chi connectivity index (χ0) is 17.0. The number of likely N-dealkylation sites (tertiary alicyclic amines) is 1. The van der Waals surface area contributed by atoms with Crippen LogP contribution in [-0.2, 0) is 0 Å². The van der Waals surface area contributed by atoms with E-state index in [2.05, 4.69) is 15.6 Å². The molecular formula is C16H23ClN4O2.